The zero-order valence-corrected chi connectivity index (χ0v) is 15.6. The molecule has 140 valence electrons. The minimum Gasteiger partial charge on any atom is -0.462 e. The first kappa shape index (κ1) is 18.4. The summed E-state index contributed by atoms with van der Waals surface area (Å²) in [5.74, 6) is 2.76. The van der Waals surface area contributed by atoms with E-state index < -0.39 is 0 Å². The number of hydrogen-bond donors (Lipinski definition) is 0. The summed E-state index contributed by atoms with van der Waals surface area (Å²) < 4.78 is 10.9. The Morgan fingerprint density at radius 3 is 2.48 bits per heavy atom. The van der Waals surface area contributed by atoms with E-state index in [1.54, 1.807) is 7.11 Å². The van der Waals surface area contributed by atoms with Gasteiger partial charge in [-0.3, -0.25) is 9.69 Å². The van der Waals surface area contributed by atoms with E-state index in [4.69, 9.17) is 9.15 Å². The molecule has 0 atom stereocenters. The number of hydrogen-bond acceptors (Lipinski definition) is 5. The number of piperazine rings is 1. The Morgan fingerprint density at radius 1 is 1.12 bits per heavy atom. The molecular weight excluding hydrogens is 318 g/mol. The molecule has 1 aromatic heterocycles. The highest BCUT2D eigenvalue weighted by atomic mass is 16.5. The van der Waals surface area contributed by atoms with E-state index in [1.165, 1.54) is 0 Å². The van der Waals surface area contributed by atoms with Gasteiger partial charge in [0, 0.05) is 39.7 Å². The molecule has 1 aromatic rings. The van der Waals surface area contributed by atoms with Crippen LogP contribution in [0.1, 0.15) is 30.8 Å². The fraction of sp³-hybridized carbons (Fsp3) is 0.737. The van der Waals surface area contributed by atoms with Gasteiger partial charge >= 0.3 is 0 Å². The fourth-order valence-corrected chi connectivity index (χ4v) is 3.73. The van der Waals surface area contributed by atoms with Gasteiger partial charge < -0.3 is 19.0 Å². The smallest absolute Gasteiger partial charge is 0.222 e. The van der Waals surface area contributed by atoms with Crippen molar-refractivity contribution in [2.24, 2.45) is 5.92 Å². The number of nitrogens with zero attached hydrogens (tertiary/aromatic N) is 3. The molecule has 1 amide bonds. The van der Waals surface area contributed by atoms with Crippen molar-refractivity contribution in [3.63, 3.8) is 0 Å². The number of piperidine rings is 1. The van der Waals surface area contributed by atoms with Gasteiger partial charge in [0.25, 0.3) is 0 Å². The Morgan fingerprint density at radius 2 is 1.80 bits per heavy atom. The minimum atomic E-state index is 0.349. The number of amides is 1. The first-order chi connectivity index (χ1) is 12.1. The fourth-order valence-electron chi connectivity index (χ4n) is 3.73. The highest BCUT2D eigenvalue weighted by Gasteiger charge is 2.25. The van der Waals surface area contributed by atoms with E-state index in [0.29, 0.717) is 18.4 Å². The van der Waals surface area contributed by atoms with Gasteiger partial charge in [-0.15, -0.1) is 0 Å². The van der Waals surface area contributed by atoms with Crippen LogP contribution in [0.3, 0.4) is 0 Å². The maximum absolute atomic E-state index is 12.5. The number of carbonyl (C=O) groups excluding carboxylic acids is 1. The molecule has 2 fully saturated rings. The maximum Gasteiger partial charge on any atom is 0.222 e. The standard InChI is InChI=1S/C19H31N3O3/c1-20-9-11-22(12-10-20)19(23)13-16-5-7-21(8-6-16)14-17-3-4-18(25-17)15-24-2/h3-4,16H,5-15H2,1-2H3. The van der Waals surface area contributed by atoms with Crippen molar-refractivity contribution in [3.8, 4) is 0 Å². The van der Waals surface area contributed by atoms with Gasteiger partial charge in [0.05, 0.1) is 6.54 Å². The zero-order chi connectivity index (χ0) is 17.6. The third-order valence-corrected chi connectivity index (χ3v) is 5.41. The average molecular weight is 349 g/mol. The molecule has 2 aliphatic rings. The average Bonchev–Trinajstić information content (AvgIpc) is 3.04. The monoisotopic (exact) mass is 349 g/mol. The van der Waals surface area contributed by atoms with E-state index in [0.717, 1.165) is 76.6 Å². The van der Waals surface area contributed by atoms with Crippen molar-refractivity contribution in [2.45, 2.75) is 32.4 Å². The summed E-state index contributed by atoms with van der Waals surface area (Å²) in [5, 5.41) is 0. The normalized spacial score (nSPS) is 21.0. The number of likely N-dealkylation sites (tertiary alicyclic amines) is 1. The number of likely N-dealkylation sites (N-methyl/N-ethyl adjacent to an activating group) is 1. The summed E-state index contributed by atoms with van der Waals surface area (Å²) in [7, 11) is 3.80. The molecule has 0 bridgehead atoms. The SMILES string of the molecule is COCc1ccc(CN2CCC(CC(=O)N3CCN(C)CC3)CC2)o1. The van der Waals surface area contributed by atoms with Crippen LogP contribution < -0.4 is 0 Å². The van der Waals surface area contributed by atoms with E-state index in [-0.39, 0.29) is 0 Å². The predicted molar refractivity (Wildman–Crippen MR) is 96.1 cm³/mol. The lowest BCUT2D eigenvalue weighted by Crippen LogP contribution is -2.47. The molecule has 0 aliphatic carbocycles. The highest BCUT2D eigenvalue weighted by Crippen LogP contribution is 2.23. The Labute approximate surface area is 150 Å². The second-order valence-electron chi connectivity index (χ2n) is 7.41. The van der Waals surface area contributed by atoms with Crippen LogP contribution in [0.5, 0.6) is 0 Å². The van der Waals surface area contributed by atoms with E-state index in [1.807, 2.05) is 17.0 Å². The first-order valence-electron chi connectivity index (χ1n) is 9.39. The molecule has 3 heterocycles. The Balaban J connectivity index is 1.38. The minimum absolute atomic E-state index is 0.349. The topological polar surface area (TPSA) is 49.2 Å². The second kappa shape index (κ2) is 8.83. The van der Waals surface area contributed by atoms with Gasteiger partial charge in [0.15, 0.2) is 0 Å². The van der Waals surface area contributed by atoms with Crippen molar-refractivity contribution in [3.05, 3.63) is 23.7 Å². The van der Waals surface area contributed by atoms with Gasteiger partial charge in [-0.05, 0) is 51.0 Å². The zero-order valence-electron chi connectivity index (χ0n) is 15.6. The molecule has 25 heavy (non-hydrogen) atoms. The Bertz CT molecular complexity index is 544. The lowest BCUT2D eigenvalue weighted by atomic mass is 9.93. The molecule has 3 rings (SSSR count). The summed E-state index contributed by atoms with van der Waals surface area (Å²) in [6, 6.07) is 4.03. The van der Waals surface area contributed by atoms with Gasteiger partial charge in [-0.2, -0.15) is 0 Å². The molecule has 6 nitrogen and oxygen atoms in total. The molecule has 0 aromatic carbocycles. The molecule has 2 saturated heterocycles. The summed E-state index contributed by atoms with van der Waals surface area (Å²) >= 11 is 0. The molecule has 6 heteroatoms. The molecular formula is C19H31N3O3. The van der Waals surface area contributed by atoms with Gasteiger partial charge in [0.2, 0.25) is 5.91 Å². The number of ether oxygens (including phenoxy) is 1. The Kier molecular flexibility index (Phi) is 6.51. The molecule has 0 spiro atoms. The number of carbonyl (C=O) groups is 1. The maximum atomic E-state index is 12.5. The first-order valence-corrected chi connectivity index (χ1v) is 9.39. The van der Waals surface area contributed by atoms with E-state index in [9.17, 15) is 4.79 Å². The van der Waals surface area contributed by atoms with Crippen LogP contribution in [-0.4, -0.2) is 74.0 Å². The largest absolute Gasteiger partial charge is 0.462 e. The number of furan rings is 1. The third-order valence-electron chi connectivity index (χ3n) is 5.41. The molecule has 2 aliphatic heterocycles. The van der Waals surface area contributed by atoms with E-state index in [2.05, 4.69) is 16.8 Å². The molecule has 0 N–H and O–H groups in total. The Hall–Kier alpha value is -1.37. The lowest BCUT2D eigenvalue weighted by Gasteiger charge is -2.35. The van der Waals surface area contributed by atoms with Gasteiger partial charge in [-0.1, -0.05) is 0 Å². The summed E-state index contributed by atoms with van der Waals surface area (Å²) in [5.41, 5.74) is 0. The molecule has 0 unspecified atom stereocenters. The molecule has 0 radical (unpaired) electrons. The van der Waals surface area contributed by atoms with Gasteiger partial charge in [0.1, 0.15) is 18.1 Å². The lowest BCUT2D eigenvalue weighted by molar-refractivity contribution is -0.134. The van der Waals surface area contributed by atoms with Crippen LogP contribution in [0.25, 0.3) is 0 Å². The van der Waals surface area contributed by atoms with Crippen LogP contribution >= 0.6 is 0 Å². The predicted octanol–water partition coefficient (Wildman–Crippen LogP) is 1.80. The van der Waals surface area contributed by atoms with Crippen molar-refractivity contribution in [2.75, 3.05) is 53.4 Å². The second-order valence-corrected chi connectivity index (χ2v) is 7.41. The van der Waals surface area contributed by atoms with Crippen molar-refractivity contribution in [1.29, 1.82) is 0 Å². The van der Waals surface area contributed by atoms with Crippen LogP contribution in [0, 0.1) is 5.92 Å². The van der Waals surface area contributed by atoms with Gasteiger partial charge in [-0.25, -0.2) is 0 Å². The number of rotatable bonds is 6. The van der Waals surface area contributed by atoms with Crippen LogP contribution in [0.4, 0.5) is 0 Å². The van der Waals surface area contributed by atoms with Crippen molar-refractivity contribution >= 4 is 5.91 Å². The van der Waals surface area contributed by atoms with Crippen LogP contribution in [-0.2, 0) is 22.7 Å². The summed E-state index contributed by atoms with van der Waals surface area (Å²) in [6.07, 6.45) is 2.92. The van der Waals surface area contributed by atoms with Crippen molar-refractivity contribution in [1.82, 2.24) is 14.7 Å². The van der Waals surface area contributed by atoms with Crippen molar-refractivity contribution < 1.29 is 13.9 Å². The highest BCUT2D eigenvalue weighted by molar-refractivity contribution is 5.76. The third kappa shape index (κ3) is 5.30. The van der Waals surface area contributed by atoms with Crippen LogP contribution in [0.15, 0.2) is 16.5 Å². The quantitative estimate of drug-likeness (QED) is 0.784. The summed E-state index contributed by atoms with van der Waals surface area (Å²) in [6.45, 7) is 7.23. The number of methoxy groups -OCH3 is 1. The summed E-state index contributed by atoms with van der Waals surface area (Å²) in [4.78, 5) is 19.2. The molecule has 0 saturated carbocycles. The van der Waals surface area contributed by atoms with Crippen LogP contribution in [0.2, 0.25) is 0 Å². The van der Waals surface area contributed by atoms with E-state index >= 15 is 0 Å².